The van der Waals surface area contributed by atoms with Gasteiger partial charge in [-0.1, -0.05) is 0 Å². The number of carboxylic acids is 2. The van der Waals surface area contributed by atoms with E-state index >= 15 is 0 Å². The SMILES string of the molecule is N[C@@]1(C(=O)O)CO[C@@H]2[C@H](C(=O)O)[C@@H]21. The van der Waals surface area contributed by atoms with Crippen LogP contribution in [0.3, 0.4) is 0 Å². The third-order valence-corrected chi connectivity index (χ3v) is 2.75. The highest BCUT2D eigenvalue weighted by atomic mass is 16.5. The molecule has 6 heteroatoms. The van der Waals surface area contributed by atoms with Crippen LogP contribution in [0.2, 0.25) is 0 Å². The number of hydrogen-bond donors (Lipinski definition) is 3. The highest BCUT2D eigenvalue weighted by Crippen LogP contribution is 2.53. The van der Waals surface area contributed by atoms with Crippen molar-refractivity contribution in [3.8, 4) is 0 Å². The van der Waals surface area contributed by atoms with E-state index in [1.54, 1.807) is 0 Å². The van der Waals surface area contributed by atoms with E-state index < -0.39 is 35.4 Å². The minimum absolute atomic E-state index is 0.0958. The van der Waals surface area contributed by atoms with Gasteiger partial charge in [0.1, 0.15) is 5.54 Å². The van der Waals surface area contributed by atoms with Crippen molar-refractivity contribution in [2.24, 2.45) is 17.6 Å². The van der Waals surface area contributed by atoms with Crippen molar-refractivity contribution in [1.82, 2.24) is 0 Å². The van der Waals surface area contributed by atoms with Gasteiger partial charge in [0.05, 0.1) is 18.6 Å². The Bertz CT molecular complexity index is 291. The average Bonchev–Trinajstić information content (AvgIpc) is 2.66. The van der Waals surface area contributed by atoms with Crippen molar-refractivity contribution in [2.45, 2.75) is 11.6 Å². The second kappa shape index (κ2) is 2.21. The van der Waals surface area contributed by atoms with Crippen LogP contribution < -0.4 is 5.73 Å². The number of aliphatic carboxylic acids is 2. The van der Waals surface area contributed by atoms with E-state index in [4.69, 9.17) is 20.7 Å². The van der Waals surface area contributed by atoms with E-state index in [0.29, 0.717) is 0 Å². The van der Waals surface area contributed by atoms with E-state index in [9.17, 15) is 9.59 Å². The first-order valence-electron chi connectivity index (χ1n) is 3.85. The lowest BCUT2D eigenvalue weighted by Crippen LogP contribution is -2.52. The van der Waals surface area contributed by atoms with Crippen LogP contribution in [0, 0.1) is 11.8 Å². The number of carbonyl (C=O) groups is 2. The summed E-state index contributed by atoms with van der Waals surface area (Å²) in [6, 6.07) is 0. The van der Waals surface area contributed by atoms with Crippen LogP contribution in [0.1, 0.15) is 0 Å². The molecule has 6 nitrogen and oxygen atoms in total. The van der Waals surface area contributed by atoms with Crippen molar-refractivity contribution in [3.63, 3.8) is 0 Å². The van der Waals surface area contributed by atoms with Crippen molar-refractivity contribution in [3.05, 3.63) is 0 Å². The highest BCUT2D eigenvalue weighted by molar-refractivity contribution is 5.85. The van der Waals surface area contributed by atoms with Gasteiger partial charge < -0.3 is 20.7 Å². The molecule has 1 saturated heterocycles. The lowest BCUT2D eigenvalue weighted by molar-refractivity contribution is -0.147. The Morgan fingerprint density at radius 2 is 2.08 bits per heavy atom. The Morgan fingerprint density at radius 1 is 1.46 bits per heavy atom. The lowest BCUT2D eigenvalue weighted by Gasteiger charge is -2.19. The Kier molecular flexibility index (Phi) is 1.44. The minimum Gasteiger partial charge on any atom is -0.481 e. The van der Waals surface area contributed by atoms with Gasteiger partial charge in [0.25, 0.3) is 0 Å². The maximum absolute atomic E-state index is 10.7. The molecule has 0 radical (unpaired) electrons. The molecule has 0 unspecified atom stereocenters. The molecule has 1 heterocycles. The van der Waals surface area contributed by atoms with E-state index in [2.05, 4.69) is 0 Å². The fourth-order valence-electron chi connectivity index (χ4n) is 1.93. The molecule has 4 N–H and O–H groups in total. The zero-order valence-corrected chi connectivity index (χ0v) is 6.64. The predicted octanol–water partition coefficient (Wildman–Crippen LogP) is -1.50. The monoisotopic (exact) mass is 187 g/mol. The molecule has 0 bridgehead atoms. The molecule has 13 heavy (non-hydrogen) atoms. The number of nitrogens with two attached hydrogens (primary N) is 1. The molecule has 0 aromatic rings. The molecule has 0 aromatic carbocycles. The Balaban J connectivity index is 2.20. The van der Waals surface area contributed by atoms with Gasteiger partial charge in [-0.15, -0.1) is 0 Å². The van der Waals surface area contributed by atoms with E-state index in [1.807, 2.05) is 0 Å². The molecule has 0 spiro atoms. The predicted molar refractivity (Wildman–Crippen MR) is 38.9 cm³/mol. The summed E-state index contributed by atoms with van der Waals surface area (Å²) in [5.74, 6) is -3.54. The summed E-state index contributed by atoms with van der Waals surface area (Å²) < 4.78 is 4.99. The third-order valence-electron chi connectivity index (χ3n) is 2.75. The van der Waals surface area contributed by atoms with Crippen molar-refractivity contribution >= 4 is 11.9 Å². The maximum Gasteiger partial charge on any atom is 0.326 e. The van der Waals surface area contributed by atoms with Crippen LogP contribution in [0.15, 0.2) is 0 Å². The molecule has 1 saturated carbocycles. The molecule has 0 amide bonds. The molecule has 4 atom stereocenters. The van der Waals surface area contributed by atoms with E-state index in [0.717, 1.165) is 0 Å². The number of carboxylic acid groups (broad SMARTS) is 2. The number of fused-ring (bicyclic) bond motifs is 1. The summed E-state index contributed by atoms with van der Waals surface area (Å²) in [5, 5.41) is 17.4. The molecule has 72 valence electrons. The van der Waals surface area contributed by atoms with Crippen LogP contribution in [-0.2, 0) is 14.3 Å². The standard InChI is InChI=1S/C7H9NO5/c8-7(6(11)12)1-13-4-2(3(4)7)5(9)10/h2-4H,1,8H2,(H,9,10)(H,11,12)/t2-,3+,4-,7+/m1/s1. The van der Waals surface area contributed by atoms with Crippen molar-refractivity contribution in [2.75, 3.05) is 6.61 Å². The Hall–Kier alpha value is -1.14. The lowest BCUT2D eigenvalue weighted by atomic mass is 9.95. The zero-order valence-electron chi connectivity index (χ0n) is 6.64. The van der Waals surface area contributed by atoms with Crippen molar-refractivity contribution in [1.29, 1.82) is 0 Å². The summed E-state index contributed by atoms with van der Waals surface area (Å²) in [4.78, 5) is 21.3. The summed E-state index contributed by atoms with van der Waals surface area (Å²) in [6.07, 6.45) is -0.501. The second-order valence-corrected chi connectivity index (χ2v) is 3.51. The van der Waals surface area contributed by atoms with E-state index in [1.165, 1.54) is 0 Å². The van der Waals surface area contributed by atoms with Crippen molar-refractivity contribution < 1.29 is 24.5 Å². The quantitative estimate of drug-likeness (QED) is 0.485. The first-order valence-corrected chi connectivity index (χ1v) is 3.85. The normalized spacial score (nSPS) is 47.0. The van der Waals surface area contributed by atoms with Crippen LogP contribution in [0.25, 0.3) is 0 Å². The smallest absolute Gasteiger partial charge is 0.326 e. The molecule has 2 rings (SSSR count). The maximum atomic E-state index is 10.7. The molecular weight excluding hydrogens is 178 g/mol. The molecular formula is C7H9NO5. The number of ether oxygens (including phenoxy) is 1. The van der Waals surface area contributed by atoms with Gasteiger partial charge in [-0.05, 0) is 0 Å². The second-order valence-electron chi connectivity index (χ2n) is 3.51. The molecule has 2 fully saturated rings. The highest BCUT2D eigenvalue weighted by Gasteiger charge is 2.72. The Labute approximate surface area is 73.3 Å². The summed E-state index contributed by atoms with van der Waals surface area (Å²) in [7, 11) is 0. The van der Waals surface area contributed by atoms with Gasteiger partial charge in [-0.2, -0.15) is 0 Å². The zero-order chi connectivity index (χ0) is 9.80. The van der Waals surface area contributed by atoms with Crippen LogP contribution in [0.5, 0.6) is 0 Å². The van der Waals surface area contributed by atoms with Crippen LogP contribution >= 0.6 is 0 Å². The largest absolute Gasteiger partial charge is 0.481 e. The first-order chi connectivity index (χ1) is 5.98. The molecule has 1 aliphatic carbocycles. The van der Waals surface area contributed by atoms with Gasteiger partial charge in [0.2, 0.25) is 0 Å². The Morgan fingerprint density at radius 3 is 2.46 bits per heavy atom. The average molecular weight is 187 g/mol. The third kappa shape index (κ3) is 0.895. The van der Waals surface area contributed by atoms with Crippen LogP contribution in [-0.4, -0.2) is 40.4 Å². The molecule has 2 aliphatic rings. The van der Waals surface area contributed by atoms with Gasteiger partial charge in [-0.3, -0.25) is 9.59 Å². The van der Waals surface area contributed by atoms with Gasteiger partial charge in [0.15, 0.2) is 0 Å². The number of rotatable bonds is 2. The van der Waals surface area contributed by atoms with Gasteiger partial charge in [-0.25, -0.2) is 0 Å². The number of hydrogen-bond acceptors (Lipinski definition) is 4. The topological polar surface area (TPSA) is 110 Å². The van der Waals surface area contributed by atoms with Gasteiger partial charge in [0, 0.05) is 5.92 Å². The first kappa shape index (κ1) is 8.46. The van der Waals surface area contributed by atoms with E-state index in [-0.39, 0.29) is 6.61 Å². The van der Waals surface area contributed by atoms with Crippen LogP contribution in [0.4, 0.5) is 0 Å². The molecule has 0 aromatic heterocycles. The summed E-state index contributed by atoms with van der Waals surface area (Å²) in [6.45, 7) is -0.0958. The van der Waals surface area contributed by atoms with Gasteiger partial charge >= 0.3 is 11.9 Å². The molecule has 1 aliphatic heterocycles. The summed E-state index contributed by atoms with van der Waals surface area (Å²) >= 11 is 0. The fourth-order valence-corrected chi connectivity index (χ4v) is 1.93. The summed E-state index contributed by atoms with van der Waals surface area (Å²) in [5.41, 5.74) is 4.02. The minimum atomic E-state index is -1.51. The fraction of sp³-hybridized carbons (Fsp3) is 0.714.